The lowest BCUT2D eigenvalue weighted by molar-refractivity contribution is -0.870. The quantitative estimate of drug-likeness (QED) is 0.0211. The summed E-state index contributed by atoms with van der Waals surface area (Å²) >= 11 is 0. The van der Waals surface area contributed by atoms with E-state index in [0.29, 0.717) is 23.9 Å². The Hall–Kier alpha value is -4.05. The minimum absolute atomic E-state index is 0.178. The van der Waals surface area contributed by atoms with E-state index in [4.69, 9.17) is 18.9 Å². The number of hydrogen-bond donors (Lipinski definition) is 1. The van der Waals surface area contributed by atoms with Crippen LogP contribution in [-0.4, -0.2) is 87.4 Å². The largest absolute Gasteiger partial charge is 0.477 e. The van der Waals surface area contributed by atoms with E-state index in [9.17, 15) is 19.5 Å². The van der Waals surface area contributed by atoms with Gasteiger partial charge in [-0.15, -0.1) is 0 Å². The van der Waals surface area contributed by atoms with E-state index in [1.165, 1.54) is 154 Å². The van der Waals surface area contributed by atoms with E-state index < -0.39 is 24.3 Å². The maximum Gasteiger partial charge on any atom is 0.361 e. The third-order valence-electron chi connectivity index (χ3n) is 14.5. The van der Waals surface area contributed by atoms with Crippen LogP contribution in [0, 0.1) is 0 Å². The van der Waals surface area contributed by atoms with Crippen LogP contribution >= 0.6 is 0 Å². The summed E-state index contributed by atoms with van der Waals surface area (Å²) in [4.78, 5) is 37.5. The Morgan fingerprint density at radius 1 is 0.361 bits per heavy atom. The number of likely N-dealkylation sites (N-methyl/N-ethyl adjacent to an activating group) is 1. The lowest BCUT2D eigenvalue weighted by Crippen LogP contribution is -2.40. The number of esters is 2. The molecule has 1 N–H and O–H groups in total. The van der Waals surface area contributed by atoms with Gasteiger partial charge in [0.2, 0.25) is 0 Å². The molecule has 0 spiro atoms. The maximum atomic E-state index is 12.9. The fourth-order valence-corrected chi connectivity index (χ4v) is 9.39. The van der Waals surface area contributed by atoms with E-state index in [-0.39, 0.29) is 32.2 Å². The molecule has 0 aliphatic carbocycles. The number of carbonyl (C=O) groups is 3. The summed E-state index contributed by atoms with van der Waals surface area (Å²) in [6.07, 6.45) is 86.5. The number of ether oxygens (including phenoxy) is 4. The summed E-state index contributed by atoms with van der Waals surface area (Å²) in [5, 5.41) is 9.72. The summed E-state index contributed by atoms with van der Waals surface area (Å²) in [6.45, 7) is 4.62. The zero-order chi connectivity index (χ0) is 60.5. The number of unbranched alkanes of at least 4 members (excludes halogenated alkanes) is 29. The molecule has 476 valence electrons. The molecule has 0 amide bonds. The Balaban J connectivity index is 4.01. The Kier molecular flexibility index (Phi) is 60.8. The van der Waals surface area contributed by atoms with Gasteiger partial charge in [-0.2, -0.15) is 0 Å². The SMILES string of the molecule is CC/C=C\C/C=C\C/C=C\C/C=C\C/C=C\CCCCCC(=O)OC(COC(=O)CCCCCCCCCCCCCCCCCCCCCCCCCCCC/C=C\C/C=C\C/C=C\C/C=C\CC)COC(OCC[N+](C)(C)C)C(=O)O. The zero-order valence-electron chi connectivity index (χ0n) is 54.3. The molecular weight excluding hydrogens is 1030 g/mol. The Morgan fingerprint density at radius 2 is 0.651 bits per heavy atom. The first kappa shape index (κ1) is 79.0. The monoisotopic (exact) mass is 1160 g/mol. The highest BCUT2D eigenvalue weighted by Crippen LogP contribution is 2.17. The van der Waals surface area contributed by atoms with E-state index in [1.807, 2.05) is 21.1 Å². The fourth-order valence-electron chi connectivity index (χ4n) is 9.39. The topological polar surface area (TPSA) is 108 Å². The van der Waals surface area contributed by atoms with Crippen molar-refractivity contribution in [1.82, 2.24) is 0 Å². The molecule has 2 unspecified atom stereocenters. The van der Waals surface area contributed by atoms with Crippen molar-refractivity contribution < 1.29 is 42.9 Å². The van der Waals surface area contributed by atoms with Gasteiger partial charge in [0.05, 0.1) is 34.4 Å². The average molecular weight is 1160 g/mol. The van der Waals surface area contributed by atoms with Crippen LogP contribution in [0.3, 0.4) is 0 Å². The summed E-state index contributed by atoms with van der Waals surface area (Å²) in [6, 6.07) is 0. The van der Waals surface area contributed by atoms with E-state index in [2.05, 4.69) is 123 Å². The molecule has 0 aliphatic rings. The maximum absolute atomic E-state index is 12.9. The minimum Gasteiger partial charge on any atom is -0.477 e. The number of hydrogen-bond acceptors (Lipinski definition) is 7. The van der Waals surface area contributed by atoms with Gasteiger partial charge in [-0.25, -0.2) is 4.79 Å². The van der Waals surface area contributed by atoms with Crippen molar-refractivity contribution in [3.63, 3.8) is 0 Å². The van der Waals surface area contributed by atoms with Gasteiger partial charge in [0.15, 0.2) is 6.10 Å². The number of nitrogens with zero attached hydrogens (tertiary/aromatic N) is 1. The van der Waals surface area contributed by atoms with Gasteiger partial charge in [-0.3, -0.25) is 9.59 Å². The smallest absolute Gasteiger partial charge is 0.361 e. The summed E-state index contributed by atoms with van der Waals surface area (Å²) in [5.41, 5.74) is 0. The summed E-state index contributed by atoms with van der Waals surface area (Å²) < 4.78 is 22.9. The molecule has 0 fully saturated rings. The first-order valence-electron chi connectivity index (χ1n) is 34.1. The number of rotatable bonds is 62. The number of aliphatic carboxylic acids is 1. The highest BCUT2D eigenvalue weighted by atomic mass is 16.7. The number of carbonyl (C=O) groups excluding carboxylic acids is 2. The normalized spacial score (nSPS) is 13.4. The molecule has 0 radical (unpaired) electrons. The highest BCUT2D eigenvalue weighted by Gasteiger charge is 2.25. The Morgan fingerprint density at radius 3 is 0.976 bits per heavy atom. The highest BCUT2D eigenvalue weighted by molar-refractivity contribution is 5.71. The molecule has 0 aromatic heterocycles. The van der Waals surface area contributed by atoms with Crippen LogP contribution < -0.4 is 0 Å². The number of allylic oxidation sites excluding steroid dienone is 18. The third kappa shape index (κ3) is 65.3. The van der Waals surface area contributed by atoms with Gasteiger partial charge in [-0.1, -0.05) is 284 Å². The molecule has 9 nitrogen and oxygen atoms in total. The second kappa shape index (κ2) is 64.0. The van der Waals surface area contributed by atoms with Crippen molar-refractivity contribution in [3.8, 4) is 0 Å². The summed E-state index contributed by atoms with van der Waals surface area (Å²) in [5.74, 6) is -2.05. The molecule has 0 rings (SSSR count). The second-order valence-electron chi connectivity index (χ2n) is 23.7. The molecule has 0 aromatic carbocycles. The van der Waals surface area contributed by atoms with Crippen LogP contribution in [0.1, 0.15) is 284 Å². The molecule has 0 heterocycles. The molecule has 0 saturated heterocycles. The molecule has 0 aliphatic heterocycles. The molecule has 0 saturated carbocycles. The third-order valence-corrected chi connectivity index (χ3v) is 14.5. The van der Waals surface area contributed by atoms with Crippen LogP contribution in [0.15, 0.2) is 109 Å². The number of quaternary nitrogens is 1. The zero-order valence-corrected chi connectivity index (χ0v) is 54.3. The van der Waals surface area contributed by atoms with Crippen LogP contribution in [0.25, 0.3) is 0 Å². The van der Waals surface area contributed by atoms with Gasteiger partial charge in [-0.05, 0) is 96.3 Å². The lowest BCUT2D eigenvalue weighted by atomic mass is 10.0. The standard InChI is InChI=1S/C74H127NO8/c1-6-8-10-12-14-16-18-20-22-24-26-27-28-29-30-31-32-33-34-35-36-37-38-39-40-41-42-43-44-45-47-48-50-52-54-56-58-60-62-64-71(76)81-68-70(69-82-74(73(78)79)80-67-66-75(3,4)5)83-72(77)65-63-61-59-57-55-53-51-49-46-25-23-21-19-17-15-13-11-9-7-2/h8-11,14-17,20-23,26-27,46,49,53,55,70,74H,6-7,12-13,18-19,24-25,28-45,47-48,50-52,54,56-69H2,1-5H3/p+1/b10-8-,11-9-,16-14-,17-15-,22-20-,23-21-,27-26-,49-46-,55-53-. The van der Waals surface area contributed by atoms with Crippen molar-refractivity contribution in [1.29, 1.82) is 0 Å². The first-order chi connectivity index (χ1) is 40.6. The molecule has 9 heteroatoms. The van der Waals surface area contributed by atoms with Crippen molar-refractivity contribution >= 4 is 17.9 Å². The van der Waals surface area contributed by atoms with E-state index in [1.54, 1.807) is 0 Å². The van der Waals surface area contributed by atoms with Gasteiger partial charge >= 0.3 is 17.9 Å². The second-order valence-corrected chi connectivity index (χ2v) is 23.7. The molecule has 0 aromatic rings. The van der Waals surface area contributed by atoms with Crippen molar-refractivity contribution in [2.75, 3.05) is 47.5 Å². The minimum atomic E-state index is -1.52. The fraction of sp³-hybridized carbons (Fsp3) is 0.716. The number of carboxylic acid groups (broad SMARTS) is 1. The molecule has 0 bridgehead atoms. The molecule has 2 atom stereocenters. The van der Waals surface area contributed by atoms with Crippen LogP contribution in [-0.2, 0) is 33.3 Å². The van der Waals surface area contributed by atoms with Crippen LogP contribution in [0.2, 0.25) is 0 Å². The van der Waals surface area contributed by atoms with Crippen molar-refractivity contribution in [3.05, 3.63) is 109 Å². The summed E-state index contributed by atoms with van der Waals surface area (Å²) in [7, 11) is 5.96. The van der Waals surface area contributed by atoms with E-state index >= 15 is 0 Å². The lowest BCUT2D eigenvalue weighted by Gasteiger charge is -2.25. The van der Waals surface area contributed by atoms with Crippen LogP contribution in [0.5, 0.6) is 0 Å². The molecular formula is C74H128NO8+. The van der Waals surface area contributed by atoms with Gasteiger partial charge < -0.3 is 28.5 Å². The Labute approximate surface area is 511 Å². The van der Waals surface area contributed by atoms with Gasteiger partial charge in [0, 0.05) is 12.8 Å². The van der Waals surface area contributed by atoms with Crippen molar-refractivity contribution in [2.45, 2.75) is 296 Å². The first-order valence-corrected chi connectivity index (χ1v) is 34.1. The predicted octanol–water partition coefficient (Wildman–Crippen LogP) is 21.0. The number of carboxylic acids is 1. The van der Waals surface area contributed by atoms with Gasteiger partial charge in [0.1, 0.15) is 13.2 Å². The van der Waals surface area contributed by atoms with Crippen LogP contribution in [0.4, 0.5) is 0 Å². The predicted molar refractivity (Wildman–Crippen MR) is 355 cm³/mol. The average Bonchev–Trinajstić information content (AvgIpc) is 3.46. The Bertz CT molecular complexity index is 1730. The van der Waals surface area contributed by atoms with Gasteiger partial charge in [0.25, 0.3) is 6.29 Å². The van der Waals surface area contributed by atoms with E-state index in [0.717, 1.165) is 96.3 Å². The van der Waals surface area contributed by atoms with Crippen molar-refractivity contribution in [2.24, 2.45) is 0 Å². The molecule has 83 heavy (non-hydrogen) atoms.